The molecule has 12 heavy (non-hydrogen) atoms. The van der Waals surface area contributed by atoms with E-state index in [1.54, 1.807) is 11.1 Å². The molecule has 1 aliphatic rings. The van der Waals surface area contributed by atoms with E-state index in [0.29, 0.717) is 18.4 Å². The minimum atomic E-state index is -0.264. The molecule has 0 saturated carbocycles. The number of carbonyl (C=O) groups is 2. The second-order valence-corrected chi connectivity index (χ2v) is 3.00. The second-order valence-electron chi connectivity index (χ2n) is 3.00. The standard InChI is InChI=1S/C8H12N2O2/c1-10(2)5-6-3-4-7(11)9-8(6)12/h5H,3-4H2,1-2H3,(H,9,11,12). The number of hydrogen-bond acceptors (Lipinski definition) is 3. The van der Waals surface area contributed by atoms with E-state index in [1.807, 2.05) is 14.1 Å². The van der Waals surface area contributed by atoms with Gasteiger partial charge in [-0.1, -0.05) is 0 Å². The zero-order valence-electron chi connectivity index (χ0n) is 7.26. The van der Waals surface area contributed by atoms with E-state index in [0.717, 1.165) is 0 Å². The van der Waals surface area contributed by atoms with Crippen LogP contribution < -0.4 is 5.32 Å². The SMILES string of the molecule is CN(C)C=C1CCC(=O)NC1=O. The topological polar surface area (TPSA) is 49.4 Å². The van der Waals surface area contributed by atoms with Crippen molar-refractivity contribution in [1.29, 1.82) is 0 Å². The van der Waals surface area contributed by atoms with Crippen LogP contribution in [0, 0.1) is 0 Å². The van der Waals surface area contributed by atoms with E-state index >= 15 is 0 Å². The van der Waals surface area contributed by atoms with Gasteiger partial charge in [0, 0.05) is 32.3 Å². The zero-order valence-corrected chi connectivity index (χ0v) is 7.26. The van der Waals surface area contributed by atoms with Crippen molar-refractivity contribution in [3.05, 3.63) is 11.8 Å². The Morgan fingerprint density at radius 1 is 1.33 bits per heavy atom. The van der Waals surface area contributed by atoms with Crippen LogP contribution in [-0.4, -0.2) is 30.8 Å². The van der Waals surface area contributed by atoms with Crippen LogP contribution in [0.25, 0.3) is 0 Å². The Morgan fingerprint density at radius 3 is 2.50 bits per heavy atom. The molecule has 0 bridgehead atoms. The van der Waals surface area contributed by atoms with Gasteiger partial charge in [0.05, 0.1) is 0 Å². The smallest absolute Gasteiger partial charge is 0.255 e. The van der Waals surface area contributed by atoms with Crippen LogP contribution in [-0.2, 0) is 9.59 Å². The van der Waals surface area contributed by atoms with Crippen LogP contribution in [0.5, 0.6) is 0 Å². The Morgan fingerprint density at radius 2 is 2.00 bits per heavy atom. The van der Waals surface area contributed by atoms with Gasteiger partial charge in [-0.15, -0.1) is 0 Å². The molecule has 0 aromatic carbocycles. The molecule has 0 aromatic heterocycles. The summed E-state index contributed by atoms with van der Waals surface area (Å²) in [5.74, 6) is -0.448. The molecule has 1 N–H and O–H groups in total. The van der Waals surface area contributed by atoms with Crippen LogP contribution in [0.2, 0.25) is 0 Å². The summed E-state index contributed by atoms with van der Waals surface area (Å²) in [7, 11) is 3.69. The Balaban J connectivity index is 2.68. The lowest BCUT2D eigenvalue weighted by molar-refractivity contribution is -0.130. The maximum Gasteiger partial charge on any atom is 0.255 e. The Kier molecular flexibility index (Phi) is 2.47. The molecule has 66 valence electrons. The molecule has 0 aromatic rings. The first kappa shape index (κ1) is 8.77. The van der Waals surface area contributed by atoms with Gasteiger partial charge in [0.15, 0.2) is 0 Å². The lowest BCUT2D eigenvalue weighted by Crippen LogP contribution is -2.36. The number of carbonyl (C=O) groups excluding carboxylic acids is 2. The van der Waals surface area contributed by atoms with E-state index < -0.39 is 0 Å². The maximum atomic E-state index is 11.1. The third-order valence-electron chi connectivity index (χ3n) is 1.58. The highest BCUT2D eigenvalue weighted by Gasteiger charge is 2.19. The van der Waals surface area contributed by atoms with E-state index in [9.17, 15) is 9.59 Å². The minimum absolute atomic E-state index is 0.184. The van der Waals surface area contributed by atoms with Crippen LogP contribution in [0.1, 0.15) is 12.8 Å². The van der Waals surface area contributed by atoms with Gasteiger partial charge in [-0.3, -0.25) is 14.9 Å². The molecule has 4 heteroatoms. The average Bonchev–Trinajstić information content (AvgIpc) is 1.94. The molecule has 4 nitrogen and oxygen atoms in total. The van der Waals surface area contributed by atoms with E-state index in [1.165, 1.54) is 0 Å². The normalized spacial score (nSPS) is 21.0. The summed E-state index contributed by atoms with van der Waals surface area (Å²) in [6.07, 6.45) is 2.69. The summed E-state index contributed by atoms with van der Waals surface area (Å²) in [5, 5.41) is 2.26. The third-order valence-corrected chi connectivity index (χ3v) is 1.58. The van der Waals surface area contributed by atoms with E-state index in [-0.39, 0.29) is 11.8 Å². The Bertz CT molecular complexity index is 243. The lowest BCUT2D eigenvalue weighted by atomic mass is 10.1. The molecule has 0 radical (unpaired) electrons. The van der Waals surface area contributed by atoms with E-state index in [4.69, 9.17) is 0 Å². The highest BCUT2D eigenvalue weighted by molar-refractivity contribution is 6.06. The largest absolute Gasteiger partial charge is 0.383 e. The molecule has 0 aliphatic carbocycles. The molecular formula is C8H12N2O2. The summed E-state index contributed by atoms with van der Waals surface area (Å²) < 4.78 is 0. The summed E-state index contributed by atoms with van der Waals surface area (Å²) in [6.45, 7) is 0. The molecule has 0 spiro atoms. The van der Waals surface area contributed by atoms with Crippen molar-refractivity contribution in [1.82, 2.24) is 10.2 Å². The van der Waals surface area contributed by atoms with Crippen LogP contribution in [0.4, 0.5) is 0 Å². The van der Waals surface area contributed by atoms with Crippen LogP contribution in [0.3, 0.4) is 0 Å². The monoisotopic (exact) mass is 168 g/mol. The average molecular weight is 168 g/mol. The highest BCUT2D eigenvalue weighted by Crippen LogP contribution is 2.10. The number of piperidine rings is 1. The number of rotatable bonds is 1. The number of nitrogens with one attached hydrogen (secondary N) is 1. The molecule has 2 amide bonds. The zero-order chi connectivity index (χ0) is 9.14. The fourth-order valence-electron chi connectivity index (χ4n) is 1.07. The summed E-state index contributed by atoms with van der Waals surface area (Å²) in [4.78, 5) is 23.6. The molecule has 1 saturated heterocycles. The lowest BCUT2D eigenvalue weighted by Gasteiger charge is -2.15. The van der Waals surface area contributed by atoms with Gasteiger partial charge < -0.3 is 4.90 Å². The number of amides is 2. The molecule has 1 aliphatic heterocycles. The van der Waals surface area contributed by atoms with Gasteiger partial charge >= 0.3 is 0 Å². The summed E-state index contributed by atoms with van der Waals surface area (Å²) in [6, 6.07) is 0. The van der Waals surface area contributed by atoms with Gasteiger partial charge in [0.25, 0.3) is 5.91 Å². The van der Waals surface area contributed by atoms with Crippen molar-refractivity contribution in [2.75, 3.05) is 14.1 Å². The fraction of sp³-hybridized carbons (Fsp3) is 0.500. The van der Waals surface area contributed by atoms with Crippen molar-refractivity contribution in [2.24, 2.45) is 0 Å². The molecule has 1 rings (SSSR count). The van der Waals surface area contributed by atoms with Crippen molar-refractivity contribution >= 4 is 11.8 Å². The summed E-state index contributed by atoms with van der Waals surface area (Å²) >= 11 is 0. The second kappa shape index (κ2) is 3.38. The van der Waals surface area contributed by atoms with Gasteiger partial charge in [0.1, 0.15) is 0 Å². The quantitative estimate of drug-likeness (QED) is 0.438. The van der Waals surface area contributed by atoms with Gasteiger partial charge in [-0.2, -0.15) is 0 Å². The van der Waals surface area contributed by atoms with Gasteiger partial charge in [-0.05, 0) is 6.42 Å². The van der Waals surface area contributed by atoms with Crippen LogP contribution >= 0.6 is 0 Å². The van der Waals surface area contributed by atoms with Crippen molar-refractivity contribution < 1.29 is 9.59 Å². The maximum absolute atomic E-state index is 11.1. The van der Waals surface area contributed by atoms with E-state index in [2.05, 4.69) is 5.32 Å². The van der Waals surface area contributed by atoms with Gasteiger partial charge in [-0.25, -0.2) is 0 Å². The molecule has 1 fully saturated rings. The van der Waals surface area contributed by atoms with Crippen LogP contribution in [0.15, 0.2) is 11.8 Å². The third kappa shape index (κ3) is 2.08. The number of hydrogen-bond donors (Lipinski definition) is 1. The number of imide groups is 1. The molecular weight excluding hydrogens is 156 g/mol. The first-order chi connectivity index (χ1) is 5.59. The fourth-order valence-corrected chi connectivity index (χ4v) is 1.07. The first-order valence-electron chi connectivity index (χ1n) is 3.81. The summed E-state index contributed by atoms with van der Waals surface area (Å²) in [5.41, 5.74) is 0.666. The number of nitrogens with zero attached hydrogens (tertiary/aromatic N) is 1. The predicted molar refractivity (Wildman–Crippen MR) is 44.2 cm³/mol. The molecule has 0 atom stereocenters. The Hall–Kier alpha value is -1.32. The minimum Gasteiger partial charge on any atom is -0.383 e. The highest BCUT2D eigenvalue weighted by atomic mass is 16.2. The first-order valence-corrected chi connectivity index (χ1v) is 3.81. The van der Waals surface area contributed by atoms with Crippen molar-refractivity contribution in [3.8, 4) is 0 Å². The molecule has 0 unspecified atom stereocenters. The molecule has 1 heterocycles. The predicted octanol–water partition coefficient (Wildman–Crippen LogP) is -0.132. The van der Waals surface area contributed by atoms with Crippen molar-refractivity contribution in [3.63, 3.8) is 0 Å². The van der Waals surface area contributed by atoms with Gasteiger partial charge in [0.2, 0.25) is 5.91 Å². The Labute approximate surface area is 71.2 Å². The van der Waals surface area contributed by atoms with Crippen molar-refractivity contribution in [2.45, 2.75) is 12.8 Å².